The van der Waals surface area contributed by atoms with Crippen LogP contribution in [0.1, 0.15) is 12.8 Å². The Morgan fingerprint density at radius 2 is 2.45 bits per heavy atom. The summed E-state index contributed by atoms with van der Waals surface area (Å²) in [4.78, 5) is 12.0. The standard InChI is InChI=1S/C13H20N4O3/c18-13(12-7-14-3-5-20-12)16-10-6-15-17(8-10)9-11-2-1-4-19-11/h6,8,11-12,14H,1-5,7,9H2,(H,16,18). The molecule has 7 nitrogen and oxygen atoms in total. The van der Waals surface area contributed by atoms with Crippen molar-refractivity contribution in [2.75, 3.05) is 31.6 Å². The summed E-state index contributed by atoms with van der Waals surface area (Å²) in [6.07, 6.45) is 5.48. The van der Waals surface area contributed by atoms with Gasteiger partial charge in [0.2, 0.25) is 0 Å². The highest BCUT2D eigenvalue weighted by atomic mass is 16.5. The molecule has 20 heavy (non-hydrogen) atoms. The molecule has 0 bridgehead atoms. The fourth-order valence-electron chi connectivity index (χ4n) is 2.48. The number of anilines is 1. The van der Waals surface area contributed by atoms with E-state index >= 15 is 0 Å². The number of rotatable bonds is 4. The van der Waals surface area contributed by atoms with Crippen LogP contribution in [-0.4, -0.2) is 54.2 Å². The second-order valence-electron chi connectivity index (χ2n) is 5.14. The topological polar surface area (TPSA) is 77.4 Å². The van der Waals surface area contributed by atoms with Crippen molar-refractivity contribution in [3.8, 4) is 0 Å². The van der Waals surface area contributed by atoms with Crippen LogP contribution in [0.4, 0.5) is 5.69 Å². The fourth-order valence-corrected chi connectivity index (χ4v) is 2.48. The van der Waals surface area contributed by atoms with Gasteiger partial charge in [-0.2, -0.15) is 5.10 Å². The molecule has 2 unspecified atom stereocenters. The zero-order valence-corrected chi connectivity index (χ0v) is 11.4. The lowest BCUT2D eigenvalue weighted by Crippen LogP contribution is -2.45. The molecule has 3 heterocycles. The zero-order chi connectivity index (χ0) is 13.8. The van der Waals surface area contributed by atoms with Crippen molar-refractivity contribution >= 4 is 11.6 Å². The molecule has 7 heteroatoms. The van der Waals surface area contributed by atoms with Crippen LogP contribution in [0.2, 0.25) is 0 Å². The van der Waals surface area contributed by atoms with Gasteiger partial charge in [-0.25, -0.2) is 0 Å². The number of nitrogens with zero attached hydrogens (tertiary/aromatic N) is 2. The molecule has 1 aromatic rings. The normalized spacial score (nSPS) is 26.6. The molecule has 2 fully saturated rings. The molecule has 2 saturated heterocycles. The van der Waals surface area contributed by atoms with Crippen LogP contribution in [0.15, 0.2) is 12.4 Å². The predicted octanol–water partition coefficient (Wildman–Crippen LogP) is -0.0110. The van der Waals surface area contributed by atoms with Crippen molar-refractivity contribution in [2.45, 2.75) is 31.6 Å². The number of hydrogen-bond acceptors (Lipinski definition) is 5. The molecule has 3 rings (SSSR count). The Morgan fingerprint density at radius 3 is 3.20 bits per heavy atom. The summed E-state index contributed by atoms with van der Waals surface area (Å²) in [6, 6.07) is 0. The molecule has 2 aliphatic heterocycles. The van der Waals surface area contributed by atoms with Gasteiger partial charge in [-0.05, 0) is 12.8 Å². The summed E-state index contributed by atoms with van der Waals surface area (Å²) < 4.78 is 12.8. The van der Waals surface area contributed by atoms with Gasteiger partial charge in [-0.3, -0.25) is 9.48 Å². The van der Waals surface area contributed by atoms with Gasteiger partial charge in [0.15, 0.2) is 0 Å². The summed E-state index contributed by atoms with van der Waals surface area (Å²) >= 11 is 0. The van der Waals surface area contributed by atoms with Crippen LogP contribution in [0.3, 0.4) is 0 Å². The lowest BCUT2D eigenvalue weighted by molar-refractivity contribution is -0.128. The monoisotopic (exact) mass is 280 g/mol. The Kier molecular flexibility index (Phi) is 4.29. The van der Waals surface area contributed by atoms with E-state index in [0.717, 1.165) is 32.5 Å². The Labute approximate surface area is 117 Å². The van der Waals surface area contributed by atoms with Gasteiger partial charge in [-0.15, -0.1) is 0 Å². The first-order valence-corrected chi connectivity index (χ1v) is 7.08. The van der Waals surface area contributed by atoms with Gasteiger partial charge in [0.1, 0.15) is 6.10 Å². The third-order valence-corrected chi connectivity index (χ3v) is 3.54. The highest BCUT2D eigenvalue weighted by molar-refractivity contribution is 5.94. The molecule has 2 N–H and O–H groups in total. The van der Waals surface area contributed by atoms with Crippen molar-refractivity contribution in [1.29, 1.82) is 0 Å². The first-order chi connectivity index (χ1) is 9.81. The lowest BCUT2D eigenvalue weighted by atomic mass is 10.2. The van der Waals surface area contributed by atoms with Crippen LogP contribution in [-0.2, 0) is 20.8 Å². The molecule has 2 aliphatic rings. The molecule has 110 valence electrons. The summed E-state index contributed by atoms with van der Waals surface area (Å²) in [6.45, 7) is 3.48. The van der Waals surface area contributed by atoms with E-state index in [4.69, 9.17) is 9.47 Å². The van der Waals surface area contributed by atoms with Crippen LogP contribution < -0.4 is 10.6 Å². The van der Waals surface area contributed by atoms with Gasteiger partial charge in [0, 0.05) is 25.9 Å². The van der Waals surface area contributed by atoms with Crippen molar-refractivity contribution in [1.82, 2.24) is 15.1 Å². The third kappa shape index (κ3) is 3.36. The van der Waals surface area contributed by atoms with Crippen molar-refractivity contribution < 1.29 is 14.3 Å². The number of morpholine rings is 1. The molecule has 2 atom stereocenters. The molecule has 1 amide bonds. The maximum atomic E-state index is 12.0. The average Bonchev–Trinajstić information content (AvgIpc) is 3.12. The third-order valence-electron chi connectivity index (χ3n) is 3.54. The van der Waals surface area contributed by atoms with Crippen molar-refractivity contribution in [3.05, 3.63) is 12.4 Å². The summed E-state index contributed by atoms with van der Waals surface area (Å²) in [7, 11) is 0. The second kappa shape index (κ2) is 6.34. The minimum Gasteiger partial charge on any atom is -0.376 e. The summed E-state index contributed by atoms with van der Waals surface area (Å²) in [5, 5.41) is 10.2. The number of carbonyl (C=O) groups is 1. The van der Waals surface area contributed by atoms with E-state index in [0.29, 0.717) is 18.8 Å². The van der Waals surface area contributed by atoms with Gasteiger partial charge in [0.25, 0.3) is 5.91 Å². The van der Waals surface area contributed by atoms with Crippen LogP contribution in [0.25, 0.3) is 0 Å². The number of ether oxygens (including phenoxy) is 2. The van der Waals surface area contributed by atoms with E-state index in [2.05, 4.69) is 15.7 Å². The maximum Gasteiger partial charge on any atom is 0.254 e. The minimum atomic E-state index is -0.426. The smallest absolute Gasteiger partial charge is 0.254 e. The van der Waals surface area contributed by atoms with E-state index in [1.807, 2.05) is 10.9 Å². The zero-order valence-electron chi connectivity index (χ0n) is 11.4. The van der Waals surface area contributed by atoms with E-state index in [1.54, 1.807) is 6.20 Å². The molecule has 0 saturated carbocycles. The number of nitrogens with one attached hydrogen (secondary N) is 2. The van der Waals surface area contributed by atoms with Crippen LogP contribution in [0, 0.1) is 0 Å². The predicted molar refractivity (Wildman–Crippen MR) is 72.4 cm³/mol. The first-order valence-electron chi connectivity index (χ1n) is 7.08. The van der Waals surface area contributed by atoms with E-state index in [9.17, 15) is 4.79 Å². The van der Waals surface area contributed by atoms with Gasteiger partial charge < -0.3 is 20.1 Å². The number of aromatic nitrogens is 2. The highest BCUT2D eigenvalue weighted by Crippen LogP contribution is 2.15. The largest absolute Gasteiger partial charge is 0.376 e. The van der Waals surface area contributed by atoms with Crippen LogP contribution in [0.5, 0.6) is 0 Å². The molecular weight excluding hydrogens is 260 g/mol. The average molecular weight is 280 g/mol. The molecule has 0 aliphatic carbocycles. The molecule has 0 aromatic carbocycles. The SMILES string of the molecule is O=C(Nc1cnn(CC2CCCO2)c1)C1CNCCO1. The molecule has 0 spiro atoms. The van der Waals surface area contributed by atoms with E-state index < -0.39 is 6.10 Å². The van der Waals surface area contributed by atoms with Crippen LogP contribution >= 0.6 is 0 Å². The molecule has 0 radical (unpaired) electrons. The Balaban J connectivity index is 1.52. The Morgan fingerprint density at radius 1 is 1.50 bits per heavy atom. The summed E-state index contributed by atoms with van der Waals surface area (Å²) in [5.41, 5.74) is 0.696. The van der Waals surface area contributed by atoms with E-state index in [-0.39, 0.29) is 12.0 Å². The molecule has 1 aromatic heterocycles. The van der Waals surface area contributed by atoms with Gasteiger partial charge in [0.05, 0.1) is 31.1 Å². The van der Waals surface area contributed by atoms with Gasteiger partial charge >= 0.3 is 0 Å². The maximum absolute atomic E-state index is 12.0. The fraction of sp³-hybridized carbons (Fsp3) is 0.692. The molecular formula is C13H20N4O3. The number of carbonyl (C=O) groups excluding carboxylic acids is 1. The first kappa shape index (κ1) is 13.5. The highest BCUT2D eigenvalue weighted by Gasteiger charge is 2.22. The lowest BCUT2D eigenvalue weighted by Gasteiger charge is -2.22. The second-order valence-corrected chi connectivity index (χ2v) is 5.14. The number of hydrogen-bond donors (Lipinski definition) is 2. The van der Waals surface area contributed by atoms with E-state index in [1.165, 1.54) is 0 Å². The summed E-state index contributed by atoms with van der Waals surface area (Å²) in [5.74, 6) is -0.131. The Hall–Kier alpha value is -1.44. The van der Waals surface area contributed by atoms with Crippen molar-refractivity contribution in [2.24, 2.45) is 0 Å². The number of amides is 1. The quantitative estimate of drug-likeness (QED) is 0.811. The van der Waals surface area contributed by atoms with Gasteiger partial charge in [-0.1, -0.05) is 0 Å². The van der Waals surface area contributed by atoms with Crippen molar-refractivity contribution in [3.63, 3.8) is 0 Å². The minimum absolute atomic E-state index is 0.131. The Bertz CT molecular complexity index is 450.